The molecule has 0 aromatic rings. The van der Waals surface area contributed by atoms with Gasteiger partial charge in [0.05, 0.1) is 12.0 Å². The van der Waals surface area contributed by atoms with Crippen molar-refractivity contribution in [1.82, 2.24) is 15.1 Å². The van der Waals surface area contributed by atoms with Gasteiger partial charge in [0.1, 0.15) is 0 Å². The third kappa shape index (κ3) is 1.67. The Balaban J connectivity index is 1.86. The molecule has 1 atom stereocenters. The quantitative estimate of drug-likeness (QED) is 0.709. The molecule has 0 spiro atoms. The molecule has 2 aliphatic heterocycles. The zero-order valence-corrected chi connectivity index (χ0v) is 9.69. The summed E-state index contributed by atoms with van der Waals surface area (Å²) in [5, 5.41) is 12.3. The smallest absolute Gasteiger partial charge is 0.320 e. The monoisotopic (exact) mass is 239 g/mol. The van der Waals surface area contributed by atoms with E-state index in [1.54, 1.807) is 4.90 Å². The van der Waals surface area contributed by atoms with Crippen LogP contribution >= 0.6 is 0 Å². The number of carboxylic acid groups (broad SMARTS) is 1. The number of aliphatic carboxylic acids is 1. The van der Waals surface area contributed by atoms with Gasteiger partial charge in [-0.2, -0.15) is 0 Å². The summed E-state index contributed by atoms with van der Waals surface area (Å²) in [5.41, 5.74) is -0.524. The van der Waals surface area contributed by atoms with Crippen molar-refractivity contribution in [2.75, 3.05) is 26.2 Å². The van der Waals surface area contributed by atoms with E-state index in [0.29, 0.717) is 25.7 Å². The highest BCUT2D eigenvalue weighted by atomic mass is 16.4. The molecule has 0 bridgehead atoms. The molecule has 6 nitrogen and oxygen atoms in total. The van der Waals surface area contributed by atoms with Gasteiger partial charge in [0.15, 0.2) is 0 Å². The lowest BCUT2D eigenvalue weighted by molar-refractivity contribution is -0.139. The lowest BCUT2D eigenvalue weighted by Gasteiger charge is -2.40. The molecule has 0 radical (unpaired) electrons. The van der Waals surface area contributed by atoms with Crippen LogP contribution in [0.1, 0.15) is 19.3 Å². The summed E-state index contributed by atoms with van der Waals surface area (Å²) in [6, 6.07) is 0.397. The van der Waals surface area contributed by atoms with Gasteiger partial charge in [0, 0.05) is 32.2 Å². The summed E-state index contributed by atoms with van der Waals surface area (Å²) in [7, 11) is 0. The summed E-state index contributed by atoms with van der Waals surface area (Å²) in [6.45, 7) is 2.53. The number of piperazine rings is 1. The number of nitrogens with zero attached hydrogens (tertiary/aromatic N) is 2. The number of nitrogens with one attached hydrogen (secondary N) is 1. The van der Waals surface area contributed by atoms with Crippen molar-refractivity contribution in [3.8, 4) is 0 Å². The molecule has 3 fully saturated rings. The van der Waals surface area contributed by atoms with Gasteiger partial charge < -0.3 is 20.2 Å². The van der Waals surface area contributed by atoms with Gasteiger partial charge in [-0.1, -0.05) is 0 Å². The molecule has 1 saturated carbocycles. The standard InChI is InChI=1S/C11H17N3O3/c15-9(16)5-11-6-12-3-4-14(11)10(17)13(7-11)8-1-2-8/h8,12H,1-7H2,(H,15,16). The number of fused-ring (bicyclic) bond motifs is 1. The van der Waals surface area contributed by atoms with Crippen molar-refractivity contribution in [3.63, 3.8) is 0 Å². The molecular formula is C11H17N3O3. The van der Waals surface area contributed by atoms with Crippen LogP contribution in [-0.2, 0) is 4.79 Å². The van der Waals surface area contributed by atoms with Crippen molar-refractivity contribution in [3.05, 3.63) is 0 Å². The summed E-state index contributed by atoms with van der Waals surface area (Å²) < 4.78 is 0. The van der Waals surface area contributed by atoms with Crippen LogP contribution in [-0.4, -0.2) is 64.7 Å². The molecule has 2 N–H and O–H groups in total. The topological polar surface area (TPSA) is 72.9 Å². The van der Waals surface area contributed by atoms with Gasteiger partial charge >= 0.3 is 12.0 Å². The second kappa shape index (κ2) is 3.60. The summed E-state index contributed by atoms with van der Waals surface area (Å²) in [6.07, 6.45) is 2.17. The highest BCUT2D eigenvalue weighted by Crippen LogP contribution is 2.38. The minimum Gasteiger partial charge on any atom is -0.481 e. The predicted octanol–water partition coefficient (Wildman–Crippen LogP) is -0.297. The Bertz CT molecular complexity index is 369. The average Bonchev–Trinajstić information content (AvgIpc) is 3.05. The van der Waals surface area contributed by atoms with Crippen LogP contribution in [0.3, 0.4) is 0 Å². The molecule has 2 amide bonds. The third-order valence-corrected chi connectivity index (χ3v) is 3.95. The van der Waals surface area contributed by atoms with E-state index >= 15 is 0 Å². The Morgan fingerprint density at radius 2 is 2.29 bits per heavy atom. The lowest BCUT2D eigenvalue weighted by Crippen LogP contribution is -2.61. The van der Waals surface area contributed by atoms with Crippen molar-refractivity contribution in [1.29, 1.82) is 0 Å². The molecule has 2 saturated heterocycles. The van der Waals surface area contributed by atoms with Crippen molar-refractivity contribution in [2.45, 2.75) is 30.8 Å². The van der Waals surface area contributed by atoms with E-state index in [2.05, 4.69) is 5.32 Å². The van der Waals surface area contributed by atoms with Crippen LogP contribution in [0.2, 0.25) is 0 Å². The first kappa shape index (κ1) is 10.8. The summed E-state index contributed by atoms with van der Waals surface area (Å²) in [4.78, 5) is 26.9. The number of hydrogen-bond acceptors (Lipinski definition) is 3. The Hall–Kier alpha value is -1.30. The zero-order valence-electron chi connectivity index (χ0n) is 9.69. The van der Waals surface area contributed by atoms with Crippen molar-refractivity contribution < 1.29 is 14.7 Å². The Morgan fingerprint density at radius 3 is 2.94 bits per heavy atom. The van der Waals surface area contributed by atoms with Gasteiger partial charge in [0.2, 0.25) is 0 Å². The molecule has 1 aliphatic carbocycles. The molecule has 3 aliphatic rings. The fraction of sp³-hybridized carbons (Fsp3) is 0.818. The maximum absolute atomic E-state index is 12.2. The lowest BCUT2D eigenvalue weighted by atomic mass is 9.92. The fourth-order valence-electron chi connectivity index (χ4n) is 2.99. The second-order valence-electron chi connectivity index (χ2n) is 5.26. The minimum atomic E-state index is -0.829. The molecule has 3 rings (SSSR count). The zero-order chi connectivity index (χ0) is 12.0. The molecule has 94 valence electrons. The van der Waals surface area contributed by atoms with Crippen LogP contribution < -0.4 is 5.32 Å². The van der Waals surface area contributed by atoms with E-state index in [-0.39, 0.29) is 12.5 Å². The maximum Gasteiger partial charge on any atom is 0.320 e. The van der Waals surface area contributed by atoms with Gasteiger partial charge in [-0.05, 0) is 12.8 Å². The summed E-state index contributed by atoms with van der Waals surface area (Å²) in [5.74, 6) is -0.829. The second-order valence-corrected chi connectivity index (χ2v) is 5.26. The molecule has 0 aromatic heterocycles. The van der Waals surface area contributed by atoms with Gasteiger partial charge in [-0.15, -0.1) is 0 Å². The van der Waals surface area contributed by atoms with E-state index < -0.39 is 11.5 Å². The number of hydrogen-bond donors (Lipinski definition) is 2. The van der Waals surface area contributed by atoms with Crippen LogP contribution in [0, 0.1) is 0 Å². The number of rotatable bonds is 3. The third-order valence-electron chi connectivity index (χ3n) is 3.95. The Labute approximate surface area is 99.6 Å². The number of carbonyl (C=O) groups is 2. The number of carbonyl (C=O) groups excluding carboxylic acids is 1. The fourth-order valence-corrected chi connectivity index (χ4v) is 2.99. The molecule has 1 unspecified atom stereocenters. The van der Waals surface area contributed by atoms with E-state index in [4.69, 9.17) is 5.11 Å². The normalized spacial score (nSPS) is 32.8. The van der Waals surface area contributed by atoms with Crippen molar-refractivity contribution >= 4 is 12.0 Å². The van der Waals surface area contributed by atoms with Gasteiger partial charge in [-0.25, -0.2) is 4.79 Å². The van der Waals surface area contributed by atoms with Gasteiger partial charge in [0.25, 0.3) is 0 Å². The Morgan fingerprint density at radius 1 is 1.53 bits per heavy atom. The predicted molar refractivity (Wildman–Crippen MR) is 59.7 cm³/mol. The van der Waals surface area contributed by atoms with Crippen LogP contribution in [0.4, 0.5) is 4.79 Å². The molecule has 17 heavy (non-hydrogen) atoms. The van der Waals surface area contributed by atoms with E-state index in [1.807, 2.05) is 4.90 Å². The first-order chi connectivity index (χ1) is 8.12. The SMILES string of the molecule is O=C(O)CC12CNCCN1C(=O)N(C1CC1)C2. The molecule has 6 heteroatoms. The van der Waals surface area contributed by atoms with E-state index in [9.17, 15) is 9.59 Å². The maximum atomic E-state index is 12.2. The van der Waals surface area contributed by atoms with Crippen LogP contribution in [0.25, 0.3) is 0 Å². The highest BCUT2D eigenvalue weighted by molar-refractivity contribution is 5.81. The Kier molecular flexibility index (Phi) is 2.29. The molecule has 2 heterocycles. The highest BCUT2D eigenvalue weighted by Gasteiger charge is 2.54. The molecular weight excluding hydrogens is 222 g/mol. The van der Waals surface area contributed by atoms with Crippen molar-refractivity contribution in [2.24, 2.45) is 0 Å². The van der Waals surface area contributed by atoms with Crippen LogP contribution in [0.15, 0.2) is 0 Å². The largest absolute Gasteiger partial charge is 0.481 e. The number of carboxylic acids is 1. The van der Waals surface area contributed by atoms with Crippen LogP contribution in [0.5, 0.6) is 0 Å². The number of urea groups is 1. The van der Waals surface area contributed by atoms with E-state index in [0.717, 1.165) is 19.4 Å². The minimum absolute atomic E-state index is 0.0367. The average molecular weight is 239 g/mol. The first-order valence-corrected chi connectivity index (χ1v) is 6.13. The first-order valence-electron chi connectivity index (χ1n) is 6.13. The summed E-state index contributed by atoms with van der Waals surface area (Å²) >= 11 is 0. The van der Waals surface area contributed by atoms with Gasteiger partial charge in [-0.3, -0.25) is 4.79 Å². The van der Waals surface area contributed by atoms with E-state index in [1.165, 1.54) is 0 Å². The molecule has 0 aromatic carbocycles. The number of amides is 2.